The zero-order valence-corrected chi connectivity index (χ0v) is 18.0. The number of alkyl halides is 6. The fourth-order valence-corrected chi connectivity index (χ4v) is 4.37. The highest BCUT2D eigenvalue weighted by molar-refractivity contribution is 5.99. The Morgan fingerprint density at radius 1 is 1.00 bits per heavy atom. The Labute approximate surface area is 195 Å². The van der Waals surface area contributed by atoms with Crippen LogP contribution in [0, 0.1) is 5.92 Å². The van der Waals surface area contributed by atoms with E-state index in [0.717, 1.165) is 18.2 Å². The van der Waals surface area contributed by atoms with Gasteiger partial charge in [0.2, 0.25) is 5.60 Å². The Morgan fingerprint density at radius 2 is 1.66 bits per heavy atom. The highest BCUT2D eigenvalue weighted by atomic mass is 19.4. The van der Waals surface area contributed by atoms with Crippen LogP contribution in [0.25, 0.3) is 11.3 Å². The minimum atomic E-state index is -5.56. The summed E-state index contributed by atoms with van der Waals surface area (Å²) in [5.74, 6) is -4.60. The molecule has 1 aromatic heterocycles. The molecule has 1 fully saturated rings. The van der Waals surface area contributed by atoms with Crippen LogP contribution in [-0.2, 0) is 11.0 Å². The number of amides is 1. The van der Waals surface area contributed by atoms with Gasteiger partial charge in [0.05, 0.1) is 11.8 Å². The third-order valence-corrected chi connectivity index (χ3v) is 6.32. The summed E-state index contributed by atoms with van der Waals surface area (Å²) in [4.78, 5) is 13.0. The lowest BCUT2D eigenvalue weighted by atomic mass is 9.64. The second-order valence-corrected chi connectivity index (χ2v) is 8.43. The maximum Gasteiger partial charge on any atom is 0.427 e. The van der Waals surface area contributed by atoms with Gasteiger partial charge in [-0.25, -0.2) is 0 Å². The van der Waals surface area contributed by atoms with E-state index in [-0.39, 0.29) is 18.5 Å². The molecule has 2 unspecified atom stereocenters. The van der Waals surface area contributed by atoms with Crippen molar-refractivity contribution in [2.24, 2.45) is 5.92 Å². The SMILES string of the molecule is O=C(Nc1ccc(-c2ccno2)cc1)C(O)(C(c1ccccc1C(F)(F)F)C1CCC1)C(F)(F)F. The molecule has 1 saturated carbocycles. The Balaban J connectivity index is 1.74. The molecule has 2 atom stereocenters. The molecule has 1 aliphatic rings. The number of hydrogen-bond acceptors (Lipinski definition) is 4. The van der Waals surface area contributed by atoms with Gasteiger partial charge in [0, 0.05) is 23.2 Å². The molecule has 186 valence electrons. The summed E-state index contributed by atoms with van der Waals surface area (Å²) in [6, 6.07) is 10.8. The number of anilines is 1. The minimum Gasteiger partial charge on any atom is -0.372 e. The van der Waals surface area contributed by atoms with E-state index in [1.165, 1.54) is 30.5 Å². The fraction of sp³-hybridized carbons (Fsp3) is 0.333. The van der Waals surface area contributed by atoms with Crippen LogP contribution in [-0.4, -0.2) is 27.9 Å². The van der Waals surface area contributed by atoms with Gasteiger partial charge in [-0.3, -0.25) is 4.79 Å². The van der Waals surface area contributed by atoms with E-state index in [0.29, 0.717) is 23.8 Å². The molecule has 3 aromatic rings. The van der Waals surface area contributed by atoms with Crippen molar-refractivity contribution in [3.05, 3.63) is 71.9 Å². The van der Waals surface area contributed by atoms with Gasteiger partial charge in [-0.2, -0.15) is 26.3 Å². The smallest absolute Gasteiger partial charge is 0.372 e. The van der Waals surface area contributed by atoms with Gasteiger partial charge in [0.25, 0.3) is 5.91 Å². The molecule has 1 aliphatic carbocycles. The molecule has 5 nitrogen and oxygen atoms in total. The number of nitrogens with one attached hydrogen (secondary N) is 1. The van der Waals surface area contributed by atoms with Crippen molar-refractivity contribution in [2.45, 2.75) is 43.1 Å². The average molecular weight is 498 g/mol. The monoisotopic (exact) mass is 498 g/mol. The number of carbonyl (C=O) groups excluding carboxylic acids is 1. The Kier molecular flexibility index (Phi) is 6.39. The number of aliphatic hydroxyl groups is 1. The van der Waals surface area contributed by atoms with E-state index >= 15 is 0 Å². The highest BCUT2D eigenvalue weighted by Crippen LogP contribution is 2.53. The van der Waals surface area contributed by atoms with Gasteiger partial charge >= 0.3 is 12.4 Å². The zero-order valence-electron chi connectivity index (χ0n) is 18.0. The van der Waals surface area contributed by atoms with Gasteiger partial charge in [-0.05, 0) is 54.7 Å². The van der Waals surface area contributed by atoms with Crippen molar-refractivity contribution in [3.63, 3.8) is 0 Å². The van der Waals surface area contributed by atoms with Gasteiger partial charge in [0.15, 0.2) is 5.76 Å². The number of rotatable bonds is 6. The number of hydrogen-bond donors (Lipinski definition) is 2. The summed E-state index contributed by atoms with van der Waals surface area (Å²) in [5.41, 5.74) is -5.75. The third-order valence-electron chi connectivity index (χ3n) is 6.32. The molecule has 4 rings (SSSR count). The van der Waals surface area contributed by atoms with E-state index in [1.807, 2.05) is 5.32 Å². The average Bonchev–Trinajstić information content (AvgIpc) is 3.29. The van der Waals surface area contributed by atoms with Crippen molar-refractivity contribution < 1.29 is 40.8 Å². The van der Waals surface area contributed by atoms with Crippen LogP contribution in [0.4, 0.5) is 32.0 Å². The van der Waals surface area contributed by atoms with E-state index in [2.05, 4.69) is 5.16 Å². The van der Waals surface area contributed by atoms with Crippen LogP contribution in [0.15, 0.2) is 65.3 Å². The number of carbonyl (C=O) groups is 1. The van der Waals surface area contributed by atoms with Crippen LogP contribution < -0.4 is 5.32 Å². The zero-order chi connectivity index (χ0) is 25.4. The molecule has 1 amide bonds. The molecule has 0 saturated heterocycles. The standard InChI is InChI=1S/C24H20F6N2O3/c25-23(26,27)18-7-2-1-6-17(18)20(15-4-3-5-15)22(34,24(28,29)30)21(33)32-16-10-8-14(9-11-16)19-12-13-31-35-19/h1-2,6-13,15,20,34H,3-5H2,(H,32,33). The van der Waals surface area contributed by atoms with Crippen molar-refractivity contribution in [1.29, 1.82) is 0 Å². The summed E-state index contributed by atoms with van der Waals surface area (Å²) < 4.78 is 89.2. The van der Waals surface area contributed by atoms with Crippen LogP contribution in [0.5, 0.6) is 0 Å². The topological polar surface area (TPSA) is 75.4 Å². The van der Waals surface area contributed by atoms with E-state index in [4.69, 9.17) is 4.52 Å². The number of nitrogens with zero attached hydrogens (tertiary/aromatic N) is 1. The maximum absolute atomic E-state index is 14.4. The lowest BCUT2D eigenvalue weighted by Gasteiger charge is -2.44. The van der Waals surface area contributed by atoms with Crippen LogP contribution in [0.3, 0.4) is 0 Å². The van der Waals surface area contributed by atoms with E-state index < -0.39 is 46.8 Å². The number of aromatic nitrogens is 1. The normalized spacial score (nSPS) is 17.3. The van der Waals surface area contributed by atoms with Crippen LogP contribution in [0.1, 0.15) is 36.3 Å². The quantitative estimate of drug-likeness (QED) is 0.398. The molecule has 0 bridgehead atoms. The molecule has 0 spiro atoms. The molecule has 2 N–H and O–H groups in total. The number of halogens is 6. The first kappa shape index (κ1) is 24.8. The van der Waals surface area contributed by atoms with Crippen molar-refractivity contribution in [1.82, 2.24) is 5.16 Å². The highest BCUT2D eigenvalue weighted by Gasteiger charge is 2.66. The Morgan fingerprint density at radius 3 is 2.17 bits per heavy atom. The summed E-state index contributed by atoms with van der Waals surface area (Å²) in [6.45, 7) is 0. The van der Waals surface area contributed by atoms with Crippen LogP contribution in [0.2, 0.25) is 0 Å². The summed E-state index contributed by atoms with van der Waals surface area (Å²) in [5, 5.41) is 16.6. The third kappa shape index (κ3) is 4.64. The maximum atomic E-state index is 14.4. The van der Waals surface area contributed by atoms with Crippen LogP contribution >= 0.6 is 0 Å². The molecular formula is C24H20F6N2O3. The van der Waals surface area contributed by atoms with E-state index in [9.17, 15) is 36.2 Å². The molecule has 11 heteroatoms. The van der Waals surface area contributed by atoms with Gasteiger partial charge in [0.1, 0.15) is 0 Å². The predicted molar refractivity (Wildman–Crippen MR) is 113 cm³/mol. The predicted octanol–water partition coefficient (Wildman–Crippen LogP) is 6.18. The summed E-state index contributed by atoms with van der Waals surface area (Å²) in [6.07, 6.45) is -8.36. The Bertz CT molecular complexity index is 1170. The van der Waals surface area contributed by atoms with Gasteiger partial charge in [-0.1, -0.05) is 29.8 Å². The molecule has 2 aromatic carbocycles. The number of benzene rings is 2. The first-order valence-electron chi connectivity index (χ1n) is 10.7. The summed E-state index contributed by atoms with van der Waals surface area (Å²) in [7, 11) is 0. The molecule has 35 heavy (non-hydrogen) atoms. The second kappa shape index (κ2) is 9.03. The molecule has 0 aliphatic heterocycles. The lowest BCUT2D eigenvalue weighted by molar-refractivity contribution is -0.263. The largest absolute Gasteiger partial charge is 0.427 e. The molecular weight excluding hydrogens is 478 g/mol. The van der Waals surface area contributed by atoms with Crippen molar-refractivity contribution in [2.75, 3.05) is 5.32 Å². The van der Waals surface area contributed by atoms with Gasteiger partial charge in [-0.15, -0.1) is 0 Å². The minimum absolute atomic E-state index is 0.0857. The van der Waals surface area contributed by atoms with Crippen molar-refractivity contribution >= 4 is 11.6 Å². The molecule has 0 radical (unpaired) electrons. The molecule has 1 heterocycles. The first-order chi connectivity index (χ1) is 16.4. The van der Waals surface area contributed by atoms with Gasteiger partial charge < -0.3 is 14.9 Å². The second-order valence-electron chi connectivity index (χ2n) is 8.43. The first-order valence-corrected chi connectivity index (χ1v) is 10.7. The lowest BCUT2D eigenvalue weighted by Crippen LogP contribution is -2.61. The Hall–Kier alpha value is -3.34. The fourth-order valence-electron chi connectivity index (χ4n) is 4.37. The summed E-state index contributed by atoms with van der Waals surface area (Å²) >= 11 is 0. The van der Waals surface area contributed by atoms with Crippen molar-refractivity contribution in [3.8, 4) is 11.3 Å². The van der Waals surface area contributed by atoms with E-state index in [1.54, 1.807) is 6.07 Å².